The molecular formula is C13H24N4. The molecule has 1 unspecified atom stereocenters. The summed E-state index contributed by atoms with van der Waals surface area (Å²) in [6, 6.07) is 0. The summed E-state index contributed by atoms with van der Waals surface area (Å²) in [5, 5.41) is 3.39. The van der Waals surface area contributed by atoms with Gasteiger partial charge >= 0.3 is 0 Å². The molecule has 1 atom stereocenters. The van der Waals surface area contributed by atoms with Crippen molar-refractivity contribution in [2.75, 3.05) is 17.6 Å². The van der Waals surface area contributed by atoms with Crippen LogP contribution in [0.5, 0.6) is 0 Å². The molecule has 0 aromatic carbocycles. The third kappa shape index (κ3) is 3.88. The average Bonchev–Trinajstić information content (AvgIpc) is 2.29. The zero-order valence-corrected chi connectivity index (χ0v) is 11.3. The SMILES string of the molecule is CCCc1c(N)ncnc1NCC(C)C(C)C. The first-order valence-corrected chi connectivity index (χ1v) is 6.39. The van der Waals surface area contributed by atoms with Crippen molar-refractivity contribution in [2.45, 2.75) is 40.5 Å². The predicted octanol–water partition coefficient (Wildman–Crippen LogP) is 2.72. The highest BCUT2D eigenvalue weighted by atomic mass is 15.0. The van der Waals surface area contributed by atoms with Gasteiger partial charge < -0.3 is 11.1 Å². The Hall–Kier alpha value is -1.32. The van der Waals surface area contributed by atoms with Crippen LogP contribution in [0.3, 0.4) is 0 Å². The van der Waals surface area contributed by atoms with Crippen molar-refractivity contribution in [3.8, 4) is 0 Å². The van der Waals surface area contributed by atoms with Crippen molar-refractivity contribution >= 4 is 11.6 Å². The molecule has 0 aliphatic rings. The third-order valence-corrected chi connectivity index (χ3v) is 3.21. The Kier molecular flexibility index (Phi) is 5.19. The lowest BCUT2D eigenvalue weighted by Gasteiger charge is -2.18. The number of hydrogen-bond donors (Lipinski definition) is 2. The zero-order valence-electron chi connectivity index (χ0n) is 11.3. The molecule has 0 fully saturated rings. The highest BCUT2D eigenvalue weighted by Gasteiger charge is 2.11. The van der Waals surface area contributed by atoms with E-state index in [1.54, 1.807) is 0 Å². The van der Waals surface area contributed by atoms with Gasteiger partial charge in [-0.15, -0.1) is 0 Å². The summed E-state index contributed by atoms with van der Waals surface area (Å²) >= 11 is 0. The second-order valence-electron chi connectivity index (χ2n) is 4.94. The van der Waals surface area contributed by atoms with Gasteiger partial charge in [0.05, 0.1) is 0 Å². The van der Waals surface area contributed by atoms with E-state index in [1.165, 1.54) is 6.33 Å². The zero-order chi connectivity index (χ0) is 12.8. The average molecular weight is 236 g/mol. The molecule has 96 valence electrons. The minimum absolute atomic E-state index is 0.599. The minimum atomic E-state index is 0.599. The Bertz CT molecular complexity index is 349. The first-order chi connectivity index (χ1) is 8.06. The number of hydrogen-bond acceptors (Lipinski definition) is 4. The summed E-state index contributed by atoms with van der Waals surface area (Å²) < 4.78 is 0. The fourth-order valence-electron chi connectivity index (χ4n) is 1.57. The molecule has 17 heavy (non-hydrogen) atoms. The molecule has 1 aromatic rings. The number of nitrogens with one attached hydrogen (secondary N) is 1. The molecule has 3 N–H and O–H groups in total. The number of rotatable bonds is 6. The topological polar surface area (TPSA) is 63.8 Å². The first-order valence-electron chi connectivity index (χ1n) is 6.39. The fraction of sp³-hybridized carbons (Fsp3) is 0.692. The largest absolute Gasteiger partial charge is 0.383 e. The molecule has 0 saturated heterocycles. The Morgan fingerprint density at radius 2 is 2.00 bits per heavy atom. The number of nitrogens with zero attached hydrogens (tertiary/aromatic N) is 2. The van der Waals surface area contributed by atoms with Crippen molar-refractivity contribution in [1.29, 1.82) is 0 Å². The molecule has 1 heterocycles. The smallest absolute Gasteiger partial charge is 0.134 e. The molecule has 0 bridgehead atoms. The molecule has 0 aliphatic carbocycles. The Morgan fingerprint density at radius 3 is 2.59 bits per heavy atom. The number of nitrogen functional groups attached to an aromatic ring is 1. The molecule has 4 nitrogen and oxygen atoms in total. The van der Waals surface area contributed by atoms with E-state index in [2.05, 4.69) is 43.0 Å². The van der Waals surface area contributed by atoms with Crippen LogP contribution in [-0.4, -0.2) is 16.5 Å². The molecule has 0 aliphatic heterocycles. The van der Waals surface area contributed by atoms with Crippen LogP contribution in [0.1, 0.15) is 39.7 Å². The van der Waals surface area contributed by atoms with Gasteiger partial charge in [0.15, 0.2) is 0 Å². The standard InChI is InChI=1S/C13H24N4/c1-5-6-11-12(14)16-8-17-13(11)15-7-10(4)9(2)3/h8-10H,5-7H2,1-4H3,(H3,14,15,16,17). The van der Waals surface area contributed by atoms with Gasteiger partial charge in [0, 0.05) is 12.1 Å². The van der Waals surface area contributed by atoms with Crippen LogP contribution in [0.25, 0.3) is 0 Å². The lowest BCUT2D eigenvalue weighted by molar-refractivity contribution is 0.439. The molecule has 4 heteroatoms. The summed E-state index contributed by atoms with van der Waals surface area (Å²) in [6.07, 6.45) is 3.49. The fourth-order valence-corrected chi connectivity index (χ4v) is 1.57. The summed E-state index contributed by atoms with van der Waals surface area (Å²) in [5.41, 5.74) is 6.93. The summed E-state index contributed by atoms with van der Waals surface area (Å²) in [4.78, 5) is 8.33. The number of anilines is 2. The molecule has 0 amide bonds. The highest BCUT2D eigenvalue weighted by Crippen LogP contribution is 2.20. The van der Waals surface area contributed by atoms with Crippen LogP contribution in [0.4, 0.5) is 11.6 Å². The molecule has 0 radical (unpaired) electrons. The van der Waals surface area contributed by atoms with Crippen molar-refractivity contribution in [2.24, 2.45) is 11.8 Å². The second kappa shape index (κ2) is 6.42. The van der Waals surface area contributed by atoms with E-state index in [4.69, 9.17) is 5.73 Å². The van der Waals surface area contributed by atoms with Gasteiger partial charge in [-0.25, -0.2) is 9.97 Å². The van der Waals surface area contributed by atoms with Gasteiger partial charge in [0.25, 0.3) is 0 Å². The summed E-state index contributed by atoms with van der Waals surface area (Å²) in [5.74, 6) is 2.77. The van der Waals surface area contributed by atoms with Crippen molar-refractivity contribution in [3.63, 3.8) is 0 Å². The predicted molar refractivity (Wildman–Crippen MR) is 72.9 cm³/mol. The van der Waals surface area contributed by atoms with Gasteiger partial charge in [-0.2, -0.15) is 0 Å². The second-order valence-corrected chi connectivity index (χ2v) is 4.94. The van der Waals surface area contributed by atoms with Crippen LogP contribution in [0, 0.1) is 11.8 Å². The maximum atomic E-state index is 5.88. The van der Waals surface area contributed by atoms with Gasteiger partial charge in [0.2, 0.25) is 0 Å². The lowest BCUT2D eigenvalue weighted by Crippen LogP contribution is -2.18. The van der Waals surface area contributed by atoms with E-state index in [-0.39, 0.29) is 0 Å². The quantitative estimate of drug-likeness (QED) is 0.797. The summed E-state index contributed by atoms with van der Waals surface area (Å²) in [6.45, 7) is 9.75. The van der Waals surface area contributed by atoms with E-state index in [9.17, 15) is 0 Å². The molecular weight excluding hydrogens is 212 g/mol. The molecule has 0 spiro atoms. The van der Waals surface area contributed by atoms with Gasteiger partial charge in [0.1, 0.15) is 18.0 Å². The van der Waals surface area contributed by atoms with Crippen molar-refractivity contribution in [1.82, 2.24) is 9.97 Å². The van der Waals surface area contributed by atoms with Crippen molar-refractivity contribution < 1.29 is 0 Å². The third-order valence-electron chi connectivity index (χ3n) is 3.21. The van der Waals surface area contributed by atoms with Gasteiger partial charge in [-0.1, -0.05) is 34.1 Å². The van der Waals surface area contributed by atoms with Crippen LogP contribution >= 0.6 is 0 Å². The van der Waals surface area contributed by atoms with Crippen LogP contribution < -0.4 is 11.1 Å². The summed E-state index contributed by atoms with van der Waals surface area (Å²) in [7, 11) is 0. The van der Waals surface area contributed by atoms with Crippen LogP contribution in [0.2, 0.25) is 0 Å². The van der Waals surface area contributed by atoms with E-state index in [0.29, 0.717) is 17.7 Å². The van der Waals surface area contributed by atoms with Gasteiger partial charge in [-0.05, 0) is 18.3 Å². The lowest BCUT2D eigenvalue weighted by atomic mass is 9.98. The normalized spacial score (nSPS) is 12.8. The first kappa shape index (κ1) is 13.7. The monoisotopic (exact) mass is 236 g/mol. The van der Waals surface area contributed by atoms with E-state index in [0.717, 1.165) is 30.8 Å². The molecule has 1 aromatic heterocycles. The maximum absolute atomic E-state index is 5.88. The Balaban J connectivity index is 2.73. The molecule has 1 rings (SSSR count). The van der Waals surface area contributed by atoms with Crippen molar-refractivity contribution in [3.05, 3.63) is 11.9 Å². The number of aromatic nitrogens is 2. The Labute approximate surface area is 104 Å². The maximum Gasteiger partial charge on any atom is 0.134 e. The number of nitrogens with two attached hydrogens (primary N) is 1. The van der Waals surface area contributed by atoms with Crippen LogP contribution in [0.15, 0.2) is 6.33 Å². The van der Waals surface area contributed by atoms with Crippen LogP contribution in [-0.2, 0) is 6.42 Å². The molecule has 0 saturated carbocycles. The van der Waals surface area contributed by atoms with Gasteiger partial charge in [-0.3, -0.25) is 0 Å². The van der Waals surface area contributed by atoms with E-state index in [1.807, 2.05) is 0 Å². The van der Waals surface area contributed by atoms with E-state index < -0.39 is 0 Å². The minimum Gasteiger partial charge on any atom is -0.383 e. The highest BCUT2D eigenvalue weighted by molar-refractivity contribution is 5.54. The van der Waals surface area contributed by atoms with E-state index >= 15 is 0 Å². The Morgan fingerprint density at radius 1 is 1.29 bits per heavy atom.